The number of hydrogen-bond acceptors (Lipinski definition) is 7. The molecule has 0 saturated carbocycles. The SMILES string of the molecule is C[C@H]1CN(c2ccncc2NC(=O)c2ccc3occ(Br)c3n2)C[C@@H](NC(=O)O)[C@H]1O[Si](C)(C)C(C)(C)C. The zero-order chi connectivity index (χ0) is 27.8. The van der Waals surface area contributed by atoms with E-state index in [1.165, 1.54) is 6.26 Å². The smallest absolute Gasteiger partial charge is 0.405 e. The van der Waals surface area contributed by atoms with E-state index < -0.39 is 26.4 Å². The molecule has 0 bridgehead atoms. The Hall–Kier alpha value is -2.96. The highest BCUT2D eigenvalue weighted by molar-refractivity contribution is 9.10. The molecule has 0 unspecified atom stereocenters. The number of carboxylic acid groups (broad SMARTS) is 1. The Labute approximate surface area is 231 Å². The fourth-order valence-corrected chi connectivity index (χ4v) is 6.23. The first kappa shape index (κ1) is 28.1. The van der Waals surface area contributed by atoms with Crippen LogP contribution in [0.5, 0.6) is 0 Å². The first-order valence-electron chi connectivity index (χ1n) is 12.5. The lowest BCUT2D eigenvalue weighted by Crippen LogP contribution is -2.62. The van der Waals surface area contributed by atoms with Crippen LogP contribution < -0.4 is 15.5 Å². The lowest BCUT2D eigenvalue weighted by Gasteiger charge is -2.48. The number of carbonyl (C=O) groups excluding carboxylic acids is 1. The predicted molar refractivity (Wildman–Crippen MR) is 152 cm³/mol. The first-order valence-corrected chi connectivity index (χ1v) is 16.2. The number of nitrogens with one attached hydrogen (secondary N) is 2. The molecule has 0 aliphatic carbocycles. The third-order valence-corrected chi connectivity index (χ3v) is 12.5. The summed E-state index contributed by atoms with van der Waals surface area (Å²) in [5.74, 6) is -0.368. The highest BCUT2D eigenvalue weighted by atomic mass is 79.9. The van der Waals surface area contributed by atoms with Gasteiger partial charge in [-0.2, -0.15) is 0 Å². The van der Waals surface area contributed by atoms with E-state index in [0.29, 0.717) is 34.3 Å². The van der Waals surface area contributed by atoms with Crippen molar-refractivity contribution in [3.8, 4) is 0 Å². The monoisotopic (exact) mass is 603 g/mol. The van der Waals surface area contributed by atoms with Crippen LogP contribution in [0.3, 0.4) is 0 Å². The summed E-state index contributed by atoms with van der Waals surface area (Å²) in [5, 5.41) is 15.2. The molecule has 1 aliphatic heterocycles. The van der Waals surface area contributed by atoms with Gasteiger partial charge in [-0.25, -0.2) is 9.78 Å². The second-order valence-corrected chi connectivity index (χ2v) is 16.9. The normalized spacial score (nSPS) is 20.4. The number of amides is 2. The summed E-state index contributed by atoms with van der Waals surface area (Å²) in [4.78, 5) is 35.6. The van der Waals surface area contributed by atoms with Gasteiger partial charge in [0, 0.05) is 25.2 Å². The number of fused-ring (bicyclic) bond motifs is 1. The van der Waals surface area contributed by atoms with Crippen molar-refractivity contribution in [3.05, 3.63) is 47.0 Å². The van der Waals surface area contributed by atoms with Crippen LogP contribution in [0.4, 0.5) is 16.2 Å². The topological polar surface area (TPSA) is 130 Å². The molecular weight excluding hydrogens is 570 g/mol. The number of pyridine rings is 2. The van der Waals surface area contributed by atoms with Gasteiger partial charge in [0.15, 0.2) is 13.9 Å². The summed E-state index contributed by atoms with van der Waals surface area (Å²) in [6, 6.07) is 4.66. The van der Waals surface area contributed by atoms with Gasteiger partial charge in [0.05, 0.1) is 34.2 Å². The fraction of sp³-hybridized carbons (Fsp3) is 0.462. The van der Waals surface area contributed by atoms with Gasteiger partial charge in [-0.05, 0) is 52.3 Å². The van der Waals surface area contributed by atoms with E-state index in [1.54, 1.807) is 24.5 Å². The van der Waals surface area contributed by atoms with Gasteiger partial charge in [-0.1, -0.05) is 27.7 Å². The summed E-state index contributed by atoms with van der Waals surface area (Å²) in [6.07, 6.45) is 3.40. The summed E-state index contributed by atoms with van der Waals surface area (Å²) < 4.78 is 12.8. The van der Waals surface area contributed by atoms with Gasteiger partial charge in [-0.3, -0.25) is 9.78 Å². The van der Waals surface area contributed by atoms with Crippen LogP contribution in [-0.2, 0) is 4.43 Å². The van der Waals surface area contributed by atoms with Crippen LogP contribution in [0, 0.1) is 5.92 Å². The summed E-state index contributed by atoms with van der Waals surface area (Å²) in [7, 11) is -2.15. The van der Waals surface area contributed by atoms with Gasteiger partial charge in [0.2, 0.25) is 0 Å². The standard InChI is InChI=1S/C26H34BrN5O5Si/c1-15-12-32(13-19(31-25(34)35)23(15)37-38(5,6)26(2,3)4)20-9-10-28-11-18(20)30-24(33)17-7-8-21-22(29-17)16(27)14-36-21/h7-11,14-15,19,23,31H,12-13H2,1-6H3,(H,30,33)(H,34,35)/t15-,19+,23-/m0/s1. The van der Waals surface area contributed by atoms with Crippen LogP contribution in [0.2, 0.25) is 18.1 Å². The van der Waals surface area contributed by atoms with E-state index in [0.717, 1.165) is 5.69 Å². The van der Waals surface area contributed by atoms with E-state index in [1.807, 2.05) is 6.07 Å². The Morgan fingerprint density at radius 2 is 1.97 bits per heavy atom. The molecule has 0 radical (unpaired) electrons. The minimum atomic E-state index is -2.15. The summed E-state index contributed by atoms with van der Waals surface area (Å²) in [5.41, 5.74) is 2.62. The number of furan rings is 1. The molecule has 1 fully saturated rings. The zero-order valence-electron chi connectivity index (χ0n) is 22.4. The van der Waals surface area contributed by atoms with Crippen molar-refractivity contribution in [2.75, 3.05) is 23.3 Å². The Morgan fingerprint density at radius 3 is 2.66 bits per heavy atom. The van der Waals surface area contributed by atoms with E-state index >= 15 is 0 Å². The minimum absolute atomic E-state index is 0.0106. The molecule has 2 amide bonds. The molecule has 0 spiro atoms. The lowest BCUT2D eigenvalue weighted by molar-refractivity contribution is 0.0722. The molecular formula is C26H34BrN5O5Si. The molecule has 3 aromatic rings. The van der Waals surface area contributed by atoms with Gasteiger partial charge in [-0.15, -0.1) is 0 Å². The predicted octanol–water partition coefficient (Wildman–Crippen LogP) is 5.72. The van der Waals surface area contributed by atoms with Gasteiger partial charge in [0.1, 0.15) is 17.5 Å². The molecule has 10 nitrogen and oxygen atoms in total. The molecule has 1 saturated heterocycles. The third kappa shape index (κ3) is 5.86. The Kier molecular flexibility index (Phi) is 7.87. The van der Waals surface area contributed by atoms with Crippen LogP contribution in [0.15, 0.2) is 45.7 Å². The Balaban J connectivity index is 1.58. The minimum Gasteiger partial charge on any atom is -0.465 e. The molecule has 204 valence electrons. The van der Waals surface area contributed by atoms with Crippen molar-refractivity contribution < 1.29 is 23.5 Å². The van der Waals surface area contributed by atoms with Crippen LogP contribution in [0.25, 0.3) is 11.1 Å². The number of halogens is 1. The van der Waals surface area contributed by atoms with Crippen molar-refractivity contribution in [2.45, 2.75) is 58.0 Å². The number of rotatable bonds is 6. The van der Waals surface area contributed by atoms with Crippen LogP contribution in [0.1, 0.15) is 38.2 Å². The zero-order valence-corrected chi connectivity index (χ0v) is 25.0. The first-order chi connectivity index (χ1) is 17.8. The molecule has 4 heterocycles. The third-order valence-electron chi connectivity index (χ3n) is 7.42. The second kappa shape index (κ2) is 10.7. The van der Waals surface area contributed by atoms with E-state index in [4.69, 9.17) is 8.84 Å². The van der Waals surface area contributed by atoms with Crippen molar-refractivity contribution in [1.29, 1.82) is 0 Å². The molecule has 3 N–H and O–H groups in total. The van der Waals surface area contributed by atoms with Gasteiger partial charge >= 0.3 is 6.09 Å². The van der Waals surface area contributed by atoms with Gasteiger partial charge < -0.3 is 29.5 Å². The Morgan fingerprint density at radius 1 is 1.24 bits per heavy atom. The second-order valence-electron chi connectivity index (χ2n) is 11.3. The number of nitrogens with zero attached hydrogens (tertiary/aromatic N) is 3. The van der Waals surface area contributed by atoms with E-state index in [2.05, 4.69) is 82.2 Å². The van der Waals surface area contributed by atoms with Crippen LogP contribution in [-0.4, -0.2) is 60.6 Å². The fourth-order valence-electron chi connectivity index (χ4n) is 4.42. The molecule has 1 aliphatic rings. The van der Waals surface area contributed by atoms with Gasteiger partial charge in [0.25, 0.3) is 5.91 Å². The molecule has 12 heteroatoms. The summed E-state index contributed by atoms with van der Waals surface area (Å²) >= 11 is 3.38. The van der Waals surface area contributed by atoms with Crippen molar-refractivity contribution in [1.82, 2.24) is 15.3 Å². The molecule has 3 atom stereocenters. The number of aromatic nitrogens is 2. The summed E-state index contributed by atoms with van der Waals surface area (Å²) in [6.45, 7) is 13.9. The van der Waals surface area contributed by atoms with Crippen LogP contribution >= 0.6 is 15.9 Å². The average Bonchev–Trinajstić information content (AvgIpc) is 3.20. The molecule has 3 aromatic heterocycles. The lowest BCUT2D eigenvalue weighted by atomic mass is 9.92. The maximum Gasteiger partial charge on any atom is 0.405 e. The van der Waals surface area contributed by atoms with Crippen molar-refractivity contribution >= 4 is 58.7 Å². The maximum absolute atomic E-state index is 13.1. The number of hydrogen-bond donors (Lipinski definition) is 3. The molecule has 0 aromatic carbocycles. The number of carbonyl (C=O) groups is 2. The maximum atomic E-state index is 13.1. The van der Waals surface area contributed by atoms with E-state index in [9.17, 15) is 14.7 Å². The average molecular weight is 605 g/mol. The van der Waals surface area contributed by atoms with Crippen molar-refractivity contribution in [2.24, 2.45) is 5.92 Å². The van der Waals surface area contributed by atoms with E-state index in [-0.39, 0.29) is 22.8 Å². The molecule has 38 heavy (non-hydrogen) atoms. The quantitative estimate of drug-likeness (QED) is 0.305. The molecule has 4 rings (SSSR count). The Bertz CT molecular complexity index is 1340. The highest BCUT2D eigenvalue weighted by Crippen LogP contribution is 2.40. The van der Waals surface area contributed by atoms with Crippen molar-refractivity contribution in [3.63, 3.8) is 0 Å². The number of piperidine rings is 1. The highest BCUT2D eigenvalue weighted by Gasteiger charge is 2.45. The number of anilines is 2. The largest absolute Gasteiger partial charge is 0.465 e.